The van der Waals surface area contributed by atoms with E-state index < -0.39 is 0 Å². The molecule has 0 unspecified atom stereocenters. The Morgan fingerprint density at radius 3 is 2.05 bits per heavy atom. The normalized spacial score (nSPS) is 10.8. The third-order valence-electron chi connectivity index (χ3n) is 3.78. The van der Waals surface area contributed by atoms with Crippen molar-refractivity contribution in [1.29, 1.82) is 0 Å². The van der Waals surface area contributed by atoms with Gasteiger partial charge in [0.15, 0.2) is 0 Å². The zero-order valence-electron chi connectivity index (χ0n) is 12.9. The third-order valence-corrected chi connectivity index (χ3v) is 3.78. The van der Waals surface area contributed by atoms with Gasteiger partial charge in [0.1, 0.15) is 0 Å². The molecule has 2 rings (SSSR count). The van der Waals surface area contributed by atoms with Crippen LogP contribution >= 0.6 is 0 Å². The van der Waals surface area contributed by atoms with Crippen LogP contribution in [0.5, 0.6) is 0 Å². The first-order valence-electron chi connectivity index (χ1n) is 7.08. The van der Waals surface area contributed by atoms with Gasteiger partial charge >= 0.3 is 0 Å². The molecule has 0 aliphatic heterocycles. The molecule has 0 saturated heterocycles. The van der Waals surface area contributed by atoms with Crippen molar-refractivity contribution in [1.82, 2.24) is 4.57 Å². The predicted octanol–water partition coefficient (Wildman–Crippen LogP) is 5.64. The molecule has 0 bridgehead atoms. The molecule has 0 radical (unpaired) electrons. The lowest BCUT2D eigenvalue weighted by molar-refractivity contribution is 0.585. The van der Waals surface area contributed by atoms with Gasteiger partial charge in [0.05, 0.1) is 0 Å². The number of aryl methyl sites for hydroxylation is 1. The summed E-state index contributed by atoms with van der Waals surface area (Å²) in [5, 5.41) is 0. The number of aromatic nitrogens is 1. The maximum atomic E-state index is 4.00. The first-order chi connectivity index (χ1) is 9.51. The predicted molar refractivity (Wildman–Crippen MR) is 89.9 cm³/mol. The summed E-state index contributed by atoms with van der Waals surface area (Å²) in [5.41, 5.74) is 7.39. The second-order valence-corrected chi connectivity index (χ2v) is 5.50. The first-order valence-corrected chi connectivity index (χ1v) is 7.08. The monoisotopic (exact) mass is 265 g/mol. The van der Waals surface area contributed by atoms with E-state index in [0.717, 1.165) is 5.69 Å². The lowest BCUT2D eigenvalue weighted by Gasteiger charge is -2.14. The molecule has 1 heterocycles. The summed E-state index contributed by atoms with van der Waals surface area (Å²) >= 11 is 0. The maximum Gasteiger partial charge on any atom is 0.0485 e. The van der Waals surface area contributed by atoms with Crippen LogP contribution in [0.1, 0.15) is 42.4 Å². The van der Waals surface area contributed by atoms with E-state index >= 15 is 0 Å². The summed E-state index contributed by atoms with van der Waals surface area (Å²) in [4.78, 5) is 0. The van der Waals surface area contributed by atoms with Crippen molar-refractivity contribution in [2.24, 2.45) is 0 Å². The van der Waals surface area contributed by atoms with E-state index in [0.29, 0.717) is 6.04 Å². The molecule has 1 nitrogen and oxygen atoms in total. The fraction of sp³-hybridized carbons (Fsp3) is 0.263. The summed E-state index contributed by atoms with van der Waals surface area (Å²) in [6.07, 6.45) is 3.87. The second-order valence-electron chi connectivity index (χ2n) is 5.50. The van der Waals surface area contributed by atoms with Gasteiger partial charge in [-0.05, 0) is 39.3 Å². The van der Waals surface area contributed by atoms with Crippen LogP contribution in [0.3, 0.4) is 0 Å². The lowest BCUT2D eigenvalue weighted by Crippen LogP contribution is -2.05. The van der Waals surface area contributed by atoms with Gasteiger partial charge in [0.25, 0.3) is 0 Å². The van der Waals surface area contributed by atoms with Crippen LogP contribution in [-0.2, 0) is 0 Å². The van der Waals surface area contributed by atoms with Crippen molar-refractivity contribution in [2.45, 2.75) is 33.7 Å². The number of benzene rings is 1. The van der Waals surface area contributed by atoms with E-state index in [9.17, 15) is 0 Å². The minimum Gasteiger partial charge on any atom is -0.342 e. The highest BCUT2D eigenvalue weighted by molar-refractivity contribution is 5.82. The molecule has 0 aliphatic rings. The Kier molecular flexibility index (Phi) is 3.99. The number of nitrogens with zero attached hydrogens (tertiary/aromatic N) is 1. The van der Waals surface area contributed by atoms with Gasteiger partial charge < -0.3 is 4.57 Å². The van der Waals surface area contributed by atoms with E-state index in [1.165, 1.54) is 27.9 Å². The molecule has 2 aromatic rings. The van der Waals surface area contributed by atoms with Crippen LogP contribution < -0.4 is 0 Å². The van der Waals surface area contributed by atoms with Gasteiger partial charge in [0.2, 0.25) is 0 Å². The van der Waals surface area contributed by atoms with Crippen molar-refractivity contribution in [3.05, 3.63) is 59.9 Å². The summed E-state index contributed by atoms with van der Waals surface area (Å²) in [7, 11) is 0. The largest absolute Gasteiger partial charge is 0.342 e. The standard InChI is InChI=1S/C19H23N/c1-7-17-18(8-2)20(13(3)4)15(6)19(17)16-11-9-14(5)10-12-16/h7-13H,1-2H2,3-6H3. The molecular formula is C19H23N. The summed E-state index contributed by atoms with van der Waals surface area (Å²) < 4.78 is 2.33. The highest BCUT2D eigenvalue weighted by Gasteiger charge is 2.19. The molecule has 104 valence electrons. The number of rotatable bonds is 4. The van der Waals surface area contributed by atoms with Crippen molar-refractivity contribution in [3.63, 3.8) is 0 Å². The van der Waals surface area contributed by atoms with Gasteiger partial charge in [-0.15, -0.1) is 0 Å². The van der Waals surface area contributed by atoms with Crippen LogP contribution in [0.25, 0.3) is 23.3 Å². The van der Waals surface area contributed by atoms with E-state index in [1.54, 1.807) is 0 Å². The Morgan fingerprint density at radius 2 is 1.60 bits per heavy atom. The number of hydrogen-bond acceptors (Lipinski definition) is 0. The van der Waals surface area contributed by atoms with Gasteiger partial charge in [-0.2, -0.15) is 0 Å². The molecule has 20 heavy (non-hydrogen) atoms. The molecule has 0 amide bonds. The van der Waals surface area contributed by atoms with Crippen molar-refractivity contribution in [2.75, 3.05) is 0 Å². The Balaban J connectivity index is 2.78. The quantitative estimate of drug-likeness (QED) is 0.674. The van der Waals surface area contributed by atoms with Gasteiger partial charge in [-0.25, -0.2) is 0 Å². The molecular weight excluding hydrogens is 242 g/mol. The zero-order chi connectivity index (χ0) is 14.9. The topological polar surface area (TPSA) is 4.93 Å². The highest BCUT2D eigenvalue weighted by atomic mass is 15.0. The van der Waals surface area contributed by atoms with Crippen LogP contribution in [0.4, 0.5) is 0 Å². The van der Waals surface area contributed by atoms with E-state index in [-0.39, 0.29) is 0 Å². The van der Waals surface area contributed by atoms with E-state index in [4.69, 9.17) is 0 Å². The number of hydrogen-bond donors (Lipinski definition) is 0. The molecule has 0 spiro atoms. The molecule has 0 aliphatic carbocycles. The molecule has 1 aromatic heterocycles. The molecule has 0 atom stereocenters. The average molecular weight is 265 g/mol. The van der Waals surface area contributed by atoms with Crippen LogP contribution in [0.2, 0.25) is 0 Å². The fourth-order valence-corrected chi connectivity index (χ4v) is 2.92. The van der Waals surface area contributed by atoms with Crippen molar-refractivity contribution < 1.29 is 0 Å². The van der Waals surface area contributed by atoms with Crippen LogP contribution in [0, 0.1) is 13.8 Å². The van der Waals surface area contributed by atoms with Crippen LogP contribution in [-0.4, -0.2) is 4.57 Å². The molecule has 0 N–H and O–H groups in total. The smallest absolute Gasteiger partial charge is 0.0485 e. The zero-order valence-corrected chi connectivity index (χ0v) is 12.9. The van der Waals surface area contributed by atoms with E-state index in [1.807, 2.05) is 12.2 Å². The Labute approximate surface area is 122 Å². The van der Waals surface area contributed by atoms with Crippen LogP contribution in [0.15, 0.2) is 37.4 Å². The Hall–Kier alpha value is -2.02. The summed E-state index contributed by atoms with van der Waals surface area (Å²) in [6.45, 7) is 16.7. The van der Waals surface area contributed by atoms with E-state index in [2.05, 4.69) is 69.7 Å². The fourth-order valence-electron chi connectivity index (χ4n) is 2.92. The molecule has 0 fully saturated rings. The Morgan fingerprint density at radius 1 is 1.00 bits per heavy atom. The third kappa shape index (κ3) is 2.24. The minimum absolute atomic E-state index is 0.404. The van der Waals surface area contributed by atoms with Gasteiger partial charge in [-0.1, -0.05) is 49.1 Å². The van der Waals surface area contributed by atoms with Gasteiger partial charge in [0, 0.05) is 28.6 Å². The molecule has 1 heteroatoms. The first kappa shape index (κ1) is 14.4. The average Bonchev–Trinajstić information content (AvgIpc) is 2.71. The second kappa shape index (κ2) is 5.54. The molecule has 1 aromatic carbocycles. The van der Waals surface area contributed by atoms with Crippen molar-refractivity contribution >= 4 is 12.2 Å². The summed E-state index contributed by atoms with van der Waals surface area (Å²) in [6, 6.07) is 9.08. The summed E-state index contributed by atoms with van der Waals surface area (Å²) in [5.74, 6) is 0. The van der Waals surface area contributed by atoms with Crippen molar-refractivity contribution in [3.8, 4) is 11.1 Å². The maximum absolute atomic E-state index is 4.00. The minimum atomic E-state index is 0.404. The van der Waals surface area contributed by atoms with Gasteiger partial charge in [-0.3, -0.25) is 0 Å². The lowest BCUT2D eigenvalue weighted by atomic mass is 9.99. The Bertz CT molecular complexity index is 639. The molecule has 0 saturated carbocycles. The highest BCUT2D eigenvalue weighted by Crippen LogP contribution is 2.36. The SMILES string of the molecule is C=Cc1c(-c2ccc(C)cc2)c(C)n(C(C)C)c1C=C.